The summed E-state index contributed by atoms with van der Waals surface area (Å²) in [4.78, 5) is 0. The normalized spacial score (nSPS) is 33.6. The van der Waals surface area contributed by atoms with E-state index in [9.17, 15) is 5.11 Å². The van der Waals surface area contributed by atoms with Crippen LogP contribution in [0.3, 0.4) is 0 Å². The molecule has 16 heavy (non-hydrogen) atoms. The molecule has 0 spiro atoms. The molecule has 2 fully saturated rings. The molecule has 2 N–H and O–H groups in total. The van der Waals surface area contributed by atoms with Crippen molar-refractivity contribution in [1.82, 2.24) is 5.32 Å². The van der Waals surface area contributed by atoms with Gasteiger partial charge in [0.15, 0.2) is 6.29 Å². The standard InChI is InChI=1S/C12H15NO3/c14-9-3-1-2-8(6-9)12-15-10-4-5-13-7-11(10)16-12/h1-3,6,10-14H,4-5,7H2. The van der Waals surface area contributed by atoms with Gasteiger partial charge in [-0.1, -0.05) is 12.1 Å². The maximum Gasteiger partial charge on any atom is 0.184 e. The van der Waals surface area contributed by atoms with Gasteiger partial charge >= 0.3 is 0 Å². The summed E-state index contributed by atoms with van der Waals surface area (Å²) in [7, 11) is 0. The predicted octanol–water partition coefficient (Wildman–Crippen LogP) is 1.17. The maximum absolute atomic E-state index is 9.41. The Hall–Kier alpha value is -1.10. The highest BCUT2D eigenvalue weighted by atomic mass is 16.7. The minimum atomic E-state index is -0.331. The lowest BCUT2D eigenvalue weighted by Crippen LogP contribution is -2.41. The third-order valence-electron chi connectivity index (χ3n) is 3.10. The smallest absolute Gasteiger partial charge is 0.184 e. The zero-order valence-electron chi connectivity index (χ0n) is 8.93. The topological polar surface area (TPSA) is 50.7 Å². The molecule has 0 radical (unpaired) electrons. The van der Waals surface area contributed by atoms with Gasteiger partial charge in [0.1, 0.15) is 5.75 Å². The summed E-state index contributed by atoms with van der Waals surface area (Å²) in [5.74, 6) is 0.248. The molecule has 0 saturated carbocycles. The summed E-state index contributed by atoms with van der Waals surface area (Å²) in [6, 6.07) is 7.05. The van der Waals surface area contributed by atoms with Crippen LogP contribution in [0.4, 0.5) is 0 Å². The summed E-state index contributed by atoms with van der Waals surface area (Å²) >= 11 is 0. The van der Waals surface area contributed by atoms with Gasteiger partial charge in [0, 0.05) is 12.1 Å². The summed E-state index contributed by atoms with van der Waals surface area (Å²) in [6.45, 7) is 1.83. The van der Waals surface area contributed by atoms with Crippen molar-refractivity contribution >= 4 is 0 Å². The van der Waals surface area contributed by atoms with Crippen LogP contribution in [-0.4, -0.2) is 30.4 Å². The van der Waals surface area contributed by atoms with Crippen LogP contribution in [0.5, 0.6) is 5.75 Å². The molecule has 2 heterocycles. The van der Waals surface area contributed by atoms with E-state index in [1.165, 1.54) is 0 Å². The lowest BCUT2D eigenvalue weighted by atomic mass is 10.1. The van der Waals surface area contributed by atoms with E-state index in [1.807, 2.05) is 6.07 Å². The minimum Gasteiger partial charge on any atom is -0.508 e. The first kappa shape index (κ1) is 10.1. The average Bonchev–Trinajstić information content (AvgIpc) is 2.72. The van der Waals surface area contributed by atoms with Crippen LogP contribution in [0.1, 0.15) is 18.3 Å². The molecule has 0 amide bonds. The monoisotopic (exact) mass is 221 g/mol. The van der Waals surface area contributed by atoms with Gasteiger partial charge in [0.05, 0.1) is 12.2 Å². The molecule has 3 rings (SSSR count). The van der Waals surface area contributed by atoms with Gasteiger partial charge in [-0.3, -0.25) is 0 Å². The van der Waals surface area contributed by atoms with Crippen molar-refractivity contribution in [3.63, 3.8) is 0 Å². The number of nitrogens with one attached hydrogen (secondary N) is 1. The molecule has 3 atom stereocenters. The van der Waals surface area contributed by atoms with Gasteiger partial charge in [-0.05, 0) is 25.1 Å². The Morgan fingerprint density at radius 3 is 2.94 bits per heavy atom. The molecule has 4 heteroatoms. The quantitative estimate of drug-likeness (QED) is 0.747. The average molecular weight is 221 g/mol. The van der Waals surface area contributed by atoms with Crippen molar-refractivity contribution in [3.8, 4) is 5.75 Å². The Bertz CT molecular complexity index is 368. The number of hydrogen-bond acceptors (Lipinski definition) is 4. The number of benzene rings is 1. The summed E-state index contributed by atoms with van der Waals surface area (Å²) in [6.07, 6.45) is 0.983. The molecule has 86 valence electrons. The van der Waals surface area contributed by atoms with Gasteiger partial charge in [-0.15, -0.1) is 0 Å². The second-order valence-corrected chi connectivity index (χ2v) is 4.27. The Kier molecular flexibility index (Phi) is 2.55. The largest absolute Gasteiger partial charge is 0.508 e. The van der Waals surface area contributed by atoms with Crippen LogP contribution in [0.25, 0.3) is 0 Å². The van der Waals surface area contributed by atoms with Crippen molar-refractivity contribution in [2.24, 2.45) is 0 Å². The van der Waals surface area contributed by atoms with Gasteiger partial charge in [0.2, 0.25) is 0 Å². The molecule has 0 aliphatic carbocycles. The summed E-state index contributed by atoms with van der Waals surface area (Å²) in [5.41, 5.74) is 0.884. The molecule has 2 aliphatic heterocycles. The molecule has 4 nitrogen and oxygen atoms in total. The van der Waals surface area contributed by atoms with Crippen LogP contribution in [0, 0.1) is 0 Å². The van der Waals surface area contributed by atoms with E-state index in [0.717, 1.165) is 25.1 Å². The van der Waals surface area contributed by atoms with E-state index in [1.54, 1.807) is 18.2 Å². The molecule has 3 unspecified atom stereocenters. The van der Waals surface area contributed by atoms with Crippen LogP contribution in [0.2, 0.25) is 0 Å². The SMILES string of the molecule is Oc1cccc(C2OC3CCNCC3O2)c1. The first-order chi connectivity index (χ1) is 7.83. The van der Waals surface area contributed by atoms with Crippen molar-refractivity contribution in [3.05, 3.63) is 29.8 Å². The Morgan fingerprint density at radius 2 is 2.12 bits per heavy atom. The second-order valence-electron chi connectivity index (χ2n) is 4.27. The molecule has 0 aromatic heterocycles. The van der Waals surface area contributed by atoms with Gasteiger partial charge in [0.25, 0.3) is 0 Å². The molecule has 1 aromatic carbocycles. The number of aromatic hydroxyl groups is 1. The molecule has 2 saturated heterocycles. The van der Waals surface area contributed by atoms with Crippen LogP contribution in [0.15, 0.2) is 24.3 Å². The van der Waals surface area contributed by atoms with E-state index in [2.05, 4.69) is 5.32 Å². The zero-order valence-corrected chi connectivity index (χ0v) is 8.93. The van der Waals surface area contributed by atoms with Gasteiger partial charge in [-0.25, -0.2) is 0 Å². The fraction of sp³-hybridized carbons (Fsp3) is 0.500. The molecule has 0 bridgehead atoms. The fourth-order valence-corrected chi connectivity index (χ4v) is 2.28. The second kappa shape index (κ2) is 4.05. The number of ether oxygens (including phenoxy) is 2. The Morgan fingerprint density at radius 1 is 1.25 bits per heavy atom. The maximum atomic E-state index is 9.41. The first-order valence-electron chi connectivity index (χ1n) is 5.63. The van der Waals surface area contributed by atoms with Gasteiger partial charge < -0.3 is 19.9 Å². The van der Waals surface area contributed by atoms with Crippen molar-refractivity contribution in [2.75, 3.05) is 13.1 Å². The molecule has 2 aliphatic rings. The minimum absolute atomic E-state index is 0.140. The third kappa shape index (κ3) is 1.80. The number of fused-ring (bicyclic) bond motifs is 1. The lowest BCUT2D eigenvalue weighted by molar-refractivity contribution is -0.0669. The highest BCUT2D eigenvalue weighted by Crippen LogP contribution is 2.34. The number of phenols is 1. The van der Waals surface area contributed by atoms with Crippen LogP contribution in [-0.2, 0) is 9.47 Å². The number of rotatable bonds is 1. The third-order valence-corrected chi connectivity index (χ3v) is 3.10. The van der Waals surface area contributed by atoms with E-state index in [4.69, 9.17) is 9.47 Å². The van der Waals surface area contributed by atoms with Crippen molar-refractivity contribution in [2.45, 2.75) is 24.9 Å². The van der Waals surface area contributed by atoms with E-state index >= 15 is 0 Å². The van der Waals surface area contributed by atoms with E-state index in [0.29, 0.717) is 0 Å². The highest BCUT2D eigenvalue weighted by molar-refractivity contribution is 5.28. The van der Waals surface area contributed by atoms with Crippen molar-refractivity contribution in [1.29, 1.82) is 0 Å². The van der Waals surface area contributed by atoms with Crippen molar-refractivity contribution < 1.29 is 14.6 Å². The molecular formula is C12H15NO3. The fourth-order valence-electron chi connectivity index (χ4n) is 2.28. The number of piperidine rings is 1. The summed E-state index contributed by atoms with van der Waals surface area (Å²) in [5, 5.41) is 12.7. The van der Waals surface area contributed by atoms with Gasteiger partial charge in [-0.2, -0.15) is 0 Å². The number of phenolic OH excluding ortho intramolecular Hbond substituents is 1. The lowest BCUT2D eigenvalue weighted by Gasteiger charge is -2.22. The van der Waals surface area contributed by atoms with Crippen LogP contribution >= 0.6 is 0 Å². The molecule has 1 aromatic rings. The van der Waals surface area contributed by atoms with Crippen LogP contribution < -0.4 is 5.32 Å². The highest BCUT2D eigenvalue weighted by Gasteiger charge is 2.38. The summed E-state index contributed by atoms with van der Waals surface area (Å²) < 4.78 is 11.6. The zero-order chi connectivity index (χ0) is 11.0. The van der Waals surface area contributed by atoms with E-state index < -0.39 is 0 Å². The number of hydrogen-bond donors (Lipinski definition) is 2. The predicted molar refractivity (Wildman–Crippen MR) is 58.1 cm³/mol. The first-order valence-corrected chi connectivity index (χ1v) is 5.63. The Labute approximate surface area is 94.2 Å². The Balaban J connectivity index is 1.77. The van der Waals surface area contributed by atoms with E-state index in [-0.39, 0.29) is 24.2 Å². The molecular weight excluding hydrogens is 206 g/mol.